The van der Waals surface area contributed by atoms with Gasteiger partial charge in [0.05, 0.1) is 21.5 Å². The summed E-state index contributed by atoms with van der Waals surface area (Å²) in [5.74, 6) is -0.303. The number of sulfonamides is 1. The Kier molecular flexibility index (Phi) is 10.8. The third kappa shape index (κ3) is 8.13. The molecule has 0 aliphatic carbocycles. The Bertz CT molecular complexity index is 1550. The van der Waals surface area contributed by atoms with E-state index in [2.05, 4.69) is 5.32 Å². The average molecular weight is 649 g/mol. The highest BCUT2D eigenvalue weighted by molar-refractivity contribution is 7.92. The van der Waals surface area contributed by atoms with Crippen LogP contribution in [0.15, 0.2) is 66.7 Å². The Morgan fingerprint density at radius 1 is 0.930 bits per heavy atom. The number of rotatable bonds is 13. The topological polar surface area (TPSA) is 105 Å². The average Bonchev–Trinajstić information content (AvgIpc) is 3.47. The van der Waals surface area contributed by atoms with Crippen LogP contribution in [0.1, 0.15) is 38.3 Å². The van der Waals surface area contributed by atoms with Gasteiger partial charge in [-0.2, -0.15) is 0 Å². The summed E-state index contributed by atoms with van der Waals surface area (Å²) in [6, 6.07) is 17.9. The number of benzene rings is 3. The van der Waals surface area contributed by atoms with Gasteiger partial charge in [-0.1, -0.05) is 66.5 Å². The highest BCUT2D eigenvalue weighted by Gasteiger charge is 2.34. The SMILES string of the molecule is CC[C@H](C)NC(=O)[C@@H](Cc1ccccc1)N(Cc1ccc(Cl)c(Cl)c1)C(=O)CN(c1ccc2c(c1)OCO2)S(=O)(=O)CC. The summed E-state index contributed by atoms with van der Waals surface area (Å²) in [6.07, 6.45) is 0.901. The van der Waals surface area contributed by atoms with E-state index in [1.54, 1.807) is 30.3 Å². The number of ether oxygens (including phenoxy) is 2. The van der Waals surface area contributed by atoms with Crippen LogP contribution in [0.2, 0.25) is 10.0 Å². The highest BCUT2D eigenvalue weighted by Crippen LogP contribution is 2.36. The molecule has 1 heterocycles. The zero-order valence-electron chi connectivity index (χ0n) is 24.3. The number of fused-ring (bicyclic) bond motifs is 1. The van der Waals surface area contributed by atoms with Gasteiger partial charge in [0.25, 0.3) is 0 Å². The summed E-state index contributed by atoms with van der Waals surface area (Å²) in [4.78, 5) is 29.5. The molecule has 12 heteroatoms. The van der Waals surface area contributed by atoms with Crippen molar-refractivity contribution in [2.75, 3.05) is 23.4 Å². The van der Waals surface area contributed by atoms with Crippen molar-refractivity contribution in [1.82, 2.24) is 10.2 Å². The van der Waals surface area contributed by atoms with Crippen LogP contribution in [0.5, 0.6) is 11.5 Å². The predicted octanol–water partition coefficient (Wildman–Crippen LogP) is 5.43. The molecule has 2 atom stereocenters. The minimum absolute atomic E-state index is 0.0116. The molecule has 3 aromatic rings. The highest BCUT2D eigenvalue weighted by atomic mass is 35.5. The van der Waals surface area contributed by atoms with Crippen molar-refractivity contribution in [2.24, 2.45) is 0 Å². The molecule has 4 rings (SSSR count). The van der Waals surface area contributed by atoms with Crippen LogP contribution in [-0.2, 0) is 32.6 Å². The Labute approximate surface area is 262 Å². The summed E-state index contributed by atoms with van der Waals surface area (Å²) in [7, 11) is -3.92. The van der Waals surface area contributed by atoms with Crippen LogP contribution in [0, 0.1) is 0 Å². The third-order valence-electron chi connectivity index (χ3n) is 7.23. The standard InChI is InChI=1S/C31H35Cl2N3O6S/c1-4-21(3)34-31(38)27(16-22-9-7-6-8-10-22)35(18-23-11-13-25(32)26(33)15-23)30(37)19-36(43(39,40)5-2)24-12-14-28-29(17-24)42-20-41-28/h6-15,17,21,27H,4-5,16,18-20H2,1-3H3,(H,34,38)/t21-,27+/m0/s1. The lowest BCUT2D eigenvalue weighted by Gasteiger charge is -2.34. The monoisotopic (exact) mass is 647 g/mol. The van der Waals surface area contributed by atoms with Crippen molar-refractivity contribution < 1.29 is 27.5 Å². The Balaban J connectivity index is 1.76. The second-order valence-corrected chi connectivity index (χ2v) is 13.2. The maximum Gasteiger partial charge on any atom is 0.244 e. The first kappa shape index (κ1) is 32.4. The second-order valence-electron chi connectivity index (χ2n) is 10.2. The molecule has 0 radical (unpaired) electrons. The van der Waals surface area contributed by atoms with Crippen molar-refractivity contribution in [3.63, 3.8) is 0 Å². The first-order chi connectivity index (χ1) is 20.5. The van der Waals surface area contributed by atoms with Gasteiger partial charge in [-0.05, 0) is 55.7 Å². The molecule has 0 spiro atoms. The van der Waals surface area contributed by atoms with E-state index in [0.29, 0.717) is 33.5 Å². The molecule has 2 amide bonds. The number of nitrogens with zero attached hydrogens (tertiary/aromatic N) is 2. The molecule has 0 fully saturated rings. The molecule has 0 bridgehead atoms. The number of hydrogen-bond acceptors (Lipinski definition) is 6. The Hall–Kier alpha value is -3.47. The molecule has 9 nitrogen and oxygen atoms in total. The van der Waals surface area contributed by atoms with Gasteiger partial charge in [0, 0.05) is 25.1 Å². The van der Waals surface area contributed by atoms with Crippen molar-refractivity contribution in [1.29, 1.82) is 0 Å². The Morgan fingerprint density at radius 2 is 1.65 bits per heavy atom. The van der Waals surface area contributed by atoms with Crippen LogP contribution in [0.4, 0.5) is 5.69 Å². The van der Waals surface area contributed by atoms with Gasteiger partial charge >= 0.3 is 0 Å². The van der Waals surface area contributed by atoms with E-state index in [4.69, 9.17) is 32.7 Å². The molecule has 1 N–H and O–H groups in total. The summed E-state index contributed by atoms with van der Waals surface area (Å²) in [5.41, 5.74) is 1.72. The van der Waals surface area contributed by atoms with Gasteiger partial charge in [0.15, 0.2) is 11.5 Å². The summed E-state index contributed by atoms with van der Waals surface area (Å²) < 4.78 is 38.6. The van der Waals surface area contributed by atoms with E-state index in [1.165, 1.54) is 17.9 Å². The second kappa shape index (κ2) is 14.3. The number of anilines is 1. The fraction of sp³-hybridized carbons (Fsp3) is 0.355. The van der Waals surface area contributed by atoms with E-state index in [1.807, 2.05) is 44.2 Å². The molecule has 1 aliphatic rings. The lowest BCUT2D eigenvalue weighted by Crippen LogP contribution is -2.54. The number of amides is 2. The quantitative estimate of drug-likeness (QED) is 0.265. The third-order valence-corrected chi connectivity index (χ3v) is 9.71. The molecule has 0 saturated carbocycles. The molecule has 230 valence electrons. The lowest BCUT2D eigenvalue weighted by molar-refractivity contribution is -0.140. The zero-order chi connectivity index (χ0) is 31.1. The van der Waals surface area contributed by atoms with Crippen molar-refractivity contribution in [3.05, 3.63) is 87.9 Å². The fourth-order valence-corrected chi connectivity index (χ4v) is 5.96. The van der Waals surface area contributed by atoms with Gasteiger partial charge in [-0.25, -0.2) is 8.42 Å². The fourth-order valence-electron chi connectivity index (χ4n) is 4.59. The smallest absolute Gasteiger partial charge is 0.244 e. The maximum absolute atomic E-state index is 14.3. The van der Waals surface area contributed by atoms with Gasteiger partial charge < -0.3 is 19.7 Å². The van der Waals surface area contributed by atoms with Crippen LogP contribution in [0.3, 0.4) is 0 Å². The number of carbonyl (C=O) groups excluding carboxylic acids is 2. The van der Waals surface area contributed by atoms with E-state index in [-0.39, 0.29) is 43.1 Å². The van der Waals surface area contributed by atoms with Crippen LogP contribution in [-0.4, -0.2) is 56.3 Å². The Morgan fingerprint density at radius 3 is 2.33 bits per heavy atom. The minimum Gasteiger partial charge on any atom is -0.454 e. The van der Waals surface area contributed by atoms with Crippen LogP contribution < -0.4 is 19.1 Å². The molecule has 43 heavy (non-hydrogen) atoms. The molecule has 3 aromatic carbocycles. The molecule has 1 aliphatic heterocycles. The first-order valence-electron chi connectivity index (χ1n) is 14.0. The van der Waals surface area contributed by atoms with Gasteiger partial charge in [-0.15, -0.1) is 0 Å². The van der Waals surface area contributed by atoms with E-state index >= 15 is 0 Å². The predicted molar refractivity (Wildman–Crippen MR) is 168 cm³/mol. The molecule has 0 unspecified atom stereocenters. The number of hydrogen-bond donors (Lipinski definition) is 1. The first-order valence-corrected chi connectivity index (χ1v) is 16.4. The zero-order valence-corrected chi connectivity index (χ0v) is 26.6. The largest absolute Gasteiger partial charge is 0.454 e. The van der Waals surface area contributed by atoms with E-state index in [0.717, 1.165) is 9.87 Å². The van der Waals surface area contributed by atoms with Crippen LogP contribution in [0.25, 0.3) is 0 Å². The normalized spacial score (nSPS) is 13.7. The molecule has 0 saturated heterocycles. The number of nitrogens with one attached hydrogen (secondary N) is 1. The number of halogens is 2. The van der Waals surface area contributed by atoms with Crippen molar-refractivity contribution >= 4 is 50.7 Å². The summed E-state index contributed by atoms with van der Waals surface area (Å²) in [5, 5.41) is 3.65. The van der Waals surface area contributed by atoms with E-state index < -0.39 is 28.5 Å². The van der Waals surface area contributed by atoms with Crippen molar-refractivity contribution in [2.45, 2.75) is 52.2 Å². The number of carbonyl (C=O) groups is 2. The molecular formula is C31H35Cl2N3O6S. The van der Waals surface area contributed by atoms with Gasteiger partial charge in [0.1, 0.15) is 12.6 Å². The van der Waals surface area contributed by atoms with Gasteiger partial charge in [0.2, 0.25) is 28.6 Å². The molecule has 0 aromatic heterocycles. The van der Waals surface area contributed by atoms with Crippen molar-refractivity contribution in [3.8, 4) is 11.5 Å². The van der Waals surface area contributed by atoms with Gasteiger partial charge in [-0.3, -0.25) is 13.9 Å². The minimum atomic E-state index is -3.92. The summed E-state index contributed by atoms with van der Waals surface area (Å²) >= 11 is 12.4. The lowest BCUT2D eigenvalue weighted by atomic mass is 10.0. The van der Waals surface area contributed by atoms with Crippen LogP contribution >= 0.6 is 23.2 Å². The van der Waals surface area contributed by atoms with E-state index in [9.17, 15) is 18.0 Å². The summed E-state index contributed by atoms with van der Waals surface area (Å²) in [6.45, 7) is 4.81. The molecular weight excluding hydrogens is 613 g/mol. The maximum atomic E-state index is 14.3.